The fourth-order valence-electron chi connectivity index (χ4n) is 2.76. The first kappa shape index (κ1) is 11.4. The summed E-state index contributed by atoms with van der Waals surface area (Å²) in [4.78, 5) is 8.61. The minimum absolute atomic E-state index is 0.183. The Balaban J connectivity index is 2.00. The lowest BCUT2D eigenvalue weighted by Gasteiger charge is -2.21. The van der Waals surface area contributed by atoms with Crippen LogP contribution >= 0.6 is 0 Å². The summed E-state index contributed by atoms with van der Waals surface area (Å²) in [7, 11) is 0. The van der Waals surface area contributed by atoms with Gasteiger partial charge in [0.2, 0.25) is 0 Å². The van der Waals surface area contributed by atoms with Crippen LogP contribution in [0.1, 0.15) is 35.8 Å². The Hall–Kier alpha value is -1.68. The fourth-order valence-corrected chi connectivity index (χ4v) is 2.76. The highest BCUT2D eigenvalue weighted by molar-refractivity contribution is 5.23. The minimum atomic E-state index is 0.183. The number of imidazole rings is 1. The lowest BCUT2D eigenvalue weighted by molar-refractivity contribution is 0.546. The Morgan fingerprint density at radius 1 is 1.22 bits per heavy atom. The largest absolute Gasteiger partial charge is 0.328 e. The van der Waals surface area contributed by atoms with Crippen LogP contribution in [0.3, 0.4) is 0 Å². The standard InChI is InChI=1S/C14H18N4/c15-9-14(11-5-7-16-8-6-11)18-10-17-12-3-1-2-4-13(12)18/h5-8,10,14H,1-4,9,15H2. The van der Waals surface area contributed by atoms with Crippen molar-refractivity contribution in [2.45, 2.75) is 31.7 Å². The van der Waals surface area contributed by atoms with Crippen LogP contribution in [0.5, 0.6) is 0 Å². The van der Waals surface area contributed by atoms with Gasteiger partial charge in [0.25, 0.3) is 0 Å². The molecule has 94 valence electrons. The second-order valence-corrected chi connectivity index (χ2v) is 4.78. The third-order valence-corrected chi connectivity index (χ3v) is 3.71. The van der Waals surface area contributed by atoms with Gasteiger partial charge in [-0.3, -0.25) is 4.98 Å². The molecule has 0 spiro atoms. The van der Waals surface area contributed by atoms with Gasteiger partial charge in [0.05, 0.1) is 18.1 Å². The molecule has 2 aromatic heterocycles. The van der Waals surface area contributed by atoms with Gasteiger partial charge in [-0.15, -0.1) is 0 Å². The molecule has 0 amide bonds. The molecule has 1 aliphatic rings. The number of nitrogens with two attached hydrogens (primary N) is 1. The molecule has 1 aliphatic carbocycles. The Bertz CT molecular complexity index is 518. The van der Waals surface area contributed by atoms with Gasteiger partial charge in [0, 0.05) is 24.6 Å². The minimum Gasteiger partial charge on any atom is -0.328 e. The molecule has 0 bridgehead atoms. The van der Waals surface area contributed by atoms with Crippen molar-refractivity contribution in [2.24, 2.45) is 5.73 Å². The van der Waals surface area contributed by atoms with E-state index in [-0.39, 0.29) is 6.04 Å². The molecule has 0 saturated carbocycles. The van der Waals surface area contributed by atoms with Gasteiger partial charge in [-0.1, -0.05) is 0 Å². The SMILES string of the molecule is NCC(c1ccncc1)n1cnc2c1CCCC2. The molecule has 2 aromatic rings. The summed E-state index contributed by atoms with van der Waals surface area (Å²) >= 11 is 0. The summed E-state index contributed by atoms with van der Waals surface area (Å²) in [5, 5.41) is 0. The Morgan fingerprint density at radius 3 is 2.78 bits per heavy atom. The van der Waals surface area contributed by atoms with Crippen molar-refractivity contribution in [1.29, 1.82) is 0 Å². The maximum absolute atomic E-state index is 5.96. The van der Waals surface area contributed by atoms with E-state index in [1.165, 1.54) is 29.8 Å². The van der Waals surface area contributed by atoms with Crippen LogP contribution in [-0.4, -0.2) is 21.1 Å². The highest BCUT2D eigenvalue weighted by Crippen LogP contribution is 2.25. The number of fused-ring (bicyclic) bond motifs is 1. The molecule has 18 heavy (non-hydrogen) atoms. The van der Waals surface area contributed by atoms with Crippen LogP contribution in [-0.2, 0) is 12.8 Å². The van der Waals surface area contributed by atoms with Crippen LogP contribution in [0.25, 0.3) is 0 Å². The zero-order valence-electron chi connectivity index (χ0n) is 10.4. The van der Waals surface area contributed by atoms with Crippen molar-refractivity contribution in [3.63, 3.8) is 0 Å². The highest BCUT2D eigenvalue weighted by atomic mass is 15.1. The maximum atomic E-state index is 5.96. The lowest BCUT2D eigenvalue weighted by atomic mass is 10.00. The predicted molar refractivity (Wildman–Crippen MR) is 70.3 cm³/mol. The number of hydrogen-bond acceptors (Lipinski definition) is 3. The van der Waals surface area contributed by atoms with Crippen LogP contribution in [0.15, 0.2) is 30.9 Å². The van der Waals surface area contributed by atoms with Gasteiger partial charge >= 0.3 is 0 Å². The third kappa shape index (κ3) is 1.93. The summed E-state index contributed by atoms with van der Waals surface area (Å²) in [5.41, 5.74) is 9.79. The van der Waals surface area contributed by atoms with Crippen LogP contribution in [0, 0.1) is 0 Å². The summed E-state index contributed by atoms with van der Waals surface area (Å²) in [5.74, 6) is 0. The van der Waals surface area contributed by atoms with E-state index in [9.17, 15) is 0 Å². The van der Waals surface area contributed by atoms with Gasteiger partial charge in [0.1, 0.15) is 0 Å². The van der Waals surface area contributed by atoms with E-state index in [2.05, 4.69) is 14.5 Å². The van der Waals surface area contributed by atoms with Crippen molar-refractivity contribution in [3.05, 3.63) is 47.8 Å². The topological polar surface area (TPSA) is 56.7 Å². The van der Waals surface area contributed by atoms with Crippen LogP contribution in [0.2, 0.25) is 0 Å². The second kappa shape index (κ2) is 4.90. The van der Waals surface area contributed by atoms with Gasteiger partial charge in [-0.2, -0.15) is 0 Å². The monoisotopic (exact) mass is 242 g/mol. The van der Waals surface area contributed by atoms with Gasteiger partial charge in [-0.05, 0) is 43.4 Å². The van der Waals surface area contributed by atoms with Crippen molar-refractivity contribution in [3.8, 4) is 0 Å². The first-order valence-corrected chi connectivity index (χ1v) is 6.54. The van der Waals surface area contributed by atoms with E-state index in [1.807, 2.05) is 30.9 Å². The molecule has 0 radical (unpaired) electrons. The van der Waals surface area contributed by atoms with Gasteiger partial charge in [0.15, 0.2) is 0 Å². The summed E-state index contributed by atoms with van der Waals surface area (Å²) in [6.45, 7) is 0.590. The summed E-state index contributed by atoms with van der Waals surface area (Å²) < 4.78 is 2.25. The zero-order valence-corrected chi connectivity index (χ0v) is 10.4. The zero-order chi connectivity index (χ0) is 12.4. The van der Waals surface area contributed by atoms with E-state index in [0.29, 0.717) is 6.54 Å². The molecule has 3 rings (SSSR count). The molecule has 1 atom stereocenters. The summed E-state index contributed by atoms with van der Waals surface area (Å²) in [6.07, 6.45) is 10.3. The summed E-state index contributed by atoms with van der Waals surface area (Å²) in [6, 6.07) is 4.25. The van der Waals surface area contributed by atoms with Gasteiger partial charge < -0.3 is 10.3 Å². The van der Waals surface area contributed by atoms with Crippen LogP contribution in [0.4, 0.5) is 0 Å². The average molecular weight is 242 g/mol. The van der Waals surface area contributed by atoms with Crippen molar-refractivity contribution in [2.75, 3.05) is 6.54 Å². The quantitative estimate of drug-likeness (QED) is 0.891. The molecule has 1 unspecified atom stereocenters. The molecule has 2 heterocycles. The number of rotatable bonds is 3. The van der Waals surface area contributed by atoms with E-state index >= 15 is 0 Å². The molecular weight excluding hydrogens is 224 g/mol. The molecule has 4 nitrogen and oxygen atoms in total. The average Bonchev–Trinajstić information content (AvgIpc) is 2.85. The normalized spacial score (nSPS) is 16.3. The van der Waals surface area contributed by atoms with Crippen LogP contribution < -0.4 is 5.73 Å². The van der Waals surface area contributed by atoms with E-state index in [1.54, 1.807) is 0 Å². The van der Waals surface area contributed by atoms with E-state index < -0.39 is 0 Å². The molecule has 0 saturated heterocycles. The third-order valence-electron chi connectivity index (χ3n) is 3.71. The Morgan fingerprint density at radius 2 is 2.00 bits per heavy atom. The number of pyridine rings is 1. The second-order valence-electron chi connectivity index (χ2n) is 4.78. The lowest BCUT2D eigenvalue weighted by Crippen LogP contribution is -2.22. The Kier molecular flexibility index (Phi) is 3.11. The molecule has 0 aliphatic heterocycles. The van der Waals surface area contributed by atoms with E-state index in [0.717, 1.165) is 12.8 Å². The number of aromatic nitrogens is 3. The fraction of sp³-hybridized carbons (Fsp3) is 0.429. The predicted octanol–water partition coefficient (Wildman–Crippen LogP) is 1.71. The first-order chi connectivity index (χ1) is 8.90. The first-order valence-electron chi connectivity index (χ1n) is 6.54. The highest BCUT2D eigenvalue weighted by Gasteiger charge is 2.20. The molecule has 0 aromatic carbocycles. The van der Waals surface area contributed by atoms with Crippen molar-refractivity contribution < 1.29 is 0 Å². The smallest absolute Gasteiger partial charge is 0.0957 e. The molecule has 0 fully saturated rings. The molecular formula is C14H18N4. The van der Waals surface area contributed by atoms with Crippen molar-refractivity contribution >= 4 is 0 Å². The number of aryl methyl sites for hydroxylation is 1. The maximum Gasteiger partial charge on any atom is 0.0957 e. The Labute approximate surface area is 107 Å². The number of hydrogen-bond donors (Lipinski definition) is 1. The van der Waals surface area contributed by atoms with E-state index in [4.69, 9.17) is 5.73 Å². The number of nitrogens with zero attached hydrogens (tertiary/aromatic N) is 3. The van der Waals surface area contributed by atoms with Crippen molar-refractivity contribution in [1.82, 2.24) is 14.5 Å². The molecule has 2 N–H and O–H groups in total. The molecule has 4 heteroatoms. The van der Waals surface area contributed by atoms with Gasteiger partial charge in [-0.25, -0.2) is 4.98 Å².